The highest BCUT2D eigenvalue weighted by atomic mass is 16.5. The van der Waals surface area contributed by atoms with E-state index in [0.717, 1.165) is 51.1 Å². The second-order valence-electron chi connectivity index (χ2n) is 6.79. The van der Waals surface area contributed by atoms with Gasteiger partial charge in [-0.2, -0.15) is 0 Å². The third kappa shape index (κ3) is 3.64. The van der Waals surface area contributed by atoms with Crippen molar-refractivity contribution in [1.82, 2.24) is 5.32 Å². The van der Waals surface area contributed by atoms with Gasteiger partial charge in [-0.05, 0) is 38.2 Å². The lowest BCUT2D eigenvalue weighted by atomic mass is 9.73. The van der Waals surface area contributed by atoms with E-state index in [1.165, 1.54) is 5.56 Å². The fraction of sp³-hybridized carbons (Fsp3) is 0.550. The van der Waals surface area contributed by atoms with Gasteiger partial charge in [0.2, 0.25) is 5.91 Å². The maximum atomic E-state index is 12.6. The molecule has 2 aliphatic rings. The highest BCUT2D eigenvalue weighted by Crippen LogP contribution is 2.39. The van der Waals surface area contributed by atoms with E-state index in [1.54, 1.807) is 7.11 Å². The van der Waals surface area contributed by atoms with Crippen LogP contribution in [0.3, 0.4) is 0 Å². The molecule has 0 spiro atoms. The topological polar surface area (TPSA) is 47.6 Å². The fourth-order valence-corrected chi connectivity index (χ4v) is 3.82. The van der Waals surface area contributed by atoms with Gasteiger partial charge in [-0.1, -0.05) is 30.4 Å². The third-order valence-corrected chi connectivity index (χ3v) is 5.37. The maximum Gasteiger partial charge on any atom is 0.223 e. The third-order valence-electron chi connectivity index (χ3n) is 5.37. The molecule has 1 aromatic carbocycles. The summed E-state index contributed by atoms with van der Waals surface area (Å²) in [5.74, 6) is 1.19. The molecule has 1 saturated heterocycles. The van der Waals surface area contributed by atoms with E-state index in [-0.39, 0.29) is 17.2 Å². The number of carbonyl (C=O) groups excluding carboxylic acids is 1. The van der Waals surface area contributed by atoms with Crippen LogP contribution in [0, 0.1) is 5.92 Å². The van der Waals surface area contributed by atoms with E-state index in [0.29, 0.717) is 6.54 Å². The number of ether oxygens (including phenoxy) is 2. The van der Waals surface area contributed by atoms with Crippen molar-refractivity contribution in [3.8, 4) is 5.75 Å². The van der Waals surface area contributed by atoms with E-state index >= 15 is 0 Å². The monoisotopic (exact) mass is 329 g/mol. The molecule has 1 aliphatic heterocycles. The minimum Gasteiger partial charge on any atom is -0.496 e. The number of para-hydroxylation sites is 1. The molecule has 4 nitrogen and oxygen atoms in total. The molecule has 1 heterocycles. The molecule has 1 fully saturated rings. The van der Waals surface area contributed by atoms with Crippen LogP contribution in [0.5, 0.6) is 5.75 Å². The molecule has 0 aromatic heterocycles. The number of amides is 1. The molecule has 130 valence electrons. The molecule has 0 unspecified atom stereocenters. The van der Waals surface area contributed by atoms with Crippen LogP contribution in [-0.4, -0.2) is 32.8 Å². The zero-order chi connectivity index (χ0) is 16.8. The molecule has 0 bridgehead atoms. The summed E-state index contributed by atoms with van der Waals surface area (Å²) in [6.07, 6.45) is 8.90. The standard InChI is InChI=1S/C20H27NO3/c1-23-18-10-6-5-9-17(18)20(11-13-24-14-12-20)15-21-19(22)16-7-3-2-4-8-16/h2-3,5-6,9-10,16H,4,7-8,11-15H2,1H3,(H,21,22)/t16-/m0/s1. The predicted octanol–water partition coefficient (Wildman–Crippen LogP) is 3.22. The van der Waals surface area contributed by atoms with Crippen molar-refractivity contribution in [3.63, 3.8) is 0 Å². The van der Waals surface area contributed by atoms with Gasteiger partial charge < -0.3 is 14.8 Å². The number of carbonyl (C=O) groups is 1. The van der Waals surface area contributed by atoms with E-state index in [2.05, 4.69) is 23.5 Å². The van der Waals surface area contributed by atoms with Crippen LogP contribution in [0.1, 0.15) is 37.7 Å². The summed E-state index contributed by atoms with van der Waals surface area (Å²) in [5, 5.41) is 3.23. The minimum atomic E-state index is -0.106. The number of nitrogens with one attached hydrogen (secondary N) is 1. The number of allylic oxidation sites excluding steroid dienone is 2. The normalized spacial score (nSPS) is 22.8. The van der Waals surface area contributed by atoms with Crippen LogP contribution in [-0.2, 0) is 14.9 Å². The first-order chi connectivity index (χ1) is 11.7. The second kappa shape index (κ2) is 7.84. The smallest absolute Gasteiger partial charge is 0.223 e. The Morgan fingerprint density at radius 1 is 1.29 bits per heavy atom. The van der Waals surface area contributed by atoms with Crippen LogP contribution in [0.15, 0.2) is 36.4 Å². The van der Waals surface area contributed by atoms with Crippen LogP contribution in [0.25, 0.3) is 0 Å². The van der Waals surface area contributed by atoms with Gasteiger partial charge in [0.15, 0.2) is 0 Å². The summed E-state index contributed by atoms with van der Waals surface area (Å²) in [6.45, 7) is 2.09. The molecule has 1 amide bonds. The van der Waals surface area contributed by atoms with Crippen molar-refractivity contribution < 1.29 is 14.3 Å². The first-order valence-electron chi connectivity index (χ1n) is 8.89. The number of hydrogen-bond acceptors (Lipinski definition) is 3. The highest BCUT2D eigenvalue weighted by molar-refractivity contribution is 5.79. The van der Waals surface area contributed by atoms with Gasteiger partial charge in [0, 0.05) is 36.7 Å². The van der Waals surface area contributed by atoms with Gasteiger partial charge in [0.1, 0.15) is 5.75 Å². The van der Waals surface area contributed by atoms with Crippen LogP contribution in [0.4, 0.5) is 0 Å². The van der Waals surface area contributed by atoms with E-state index < -0.39 is 0 Å². The summed E-state index contributed by atoms with van der Waals surface area (Å²) >= 11 is 0. The summed E-state index contributed by atoms with van der Waals surface area (Å²) in [4.78, 5) is 12.6. The van der Waals surface area contributed by atoms with Gasteiger partial charge in [-0.25, -0.2) is 0 Å². The zero-order valence-corrected chi connectivity index (χ0v) is 14.4. The first kappa shape index (κ1) is 17.0. The lowest BCUT2D eigenvalue weighted by Gasteiger charge is -2.39. The number of benzene rings is 1. The Labute approximate surface area is 144 Å². The van der Waals surface area contributed by atoms with E-state index in [9.17, 15) is 4.79 Å². The molecule has 1 atom stereocenters. The number of methoxy groups -OCH3 is 1. The van der Waals surface area contributed by atoms with Crippen LogP contribution < -0.4 is 10.1 Å². The van der Waals surface area contributed by atoms with Gasteiger partial charge in [-0.15, -0.1) is 0 Å². The Hall–Kier alpha value is -1.81. The quantitative estimate of drug-likeness (QED) is 0.844. The molecule has 24 heavy (non-hydrogen) atoms. The lowest BCUT2D eigenvalue weighted by Crippen LogP contribution is -2.46. The first-order valence-corrected chi connectivity index (χ1v) is 8.89. The van der Waals surface area contributed by atoms with E-state index in [1.807, 2.05) is 18.2 Å². The van der Waals surface area contributed by atoms with E-state index in [4.69, 9.17) is 9.47 Å². The van der Waals surface area contributed by atoms with Crippen LogP contribution >= 0.6 is 0 Å². The number of hydrogen-bond donors (Lipinski definition) is 1. The molecular weight excluding hydrogens is 302 g/mol. The molecule has 4 heteroatoms. The molecular formula is C20H27NO3. The molecule has 0 radical (unpaired) electrons. The van der Waals surface area contributed by atoms with Crippen molar-refractivity contribution in [2.75, 3.05) is 26.9 Å². The molecule has 1 N–H and O–H groups in total. The average Bonchev–Trinajstić information content (AvgIpc) is 2.67. The fourth-order valence-electron chi connectivity index (χ4n) is 3.82. The largest absolute Gasteiger partial charge is 0.496 e. The van der Waals surface area contributed by atoms with Crippen LogP contribution in [0.2, 0.25) is 0 Å². The second-order valence-corrected chi connectivity index (χ2v) is 6.79. The Morgan fingerprint density at radius 2 is 2.08 bits per heavy atom. The predicted molar refractivity (Wildman–Crippen MR) is 94.2 cm³/mol. The van der Waals surface area contributed by atoms with Crippen molar-refractivity contribution in [3.05, 3.63) is 42.0 Å². The molecule has 3 rings (SSSR count). The van der Waals surface area contributed by atoms with Crippen molar-refractivity contribution in [2.24, 2.45) is 5.92 Å². The van der Waals surface area contributed by atoms with Crippen molar-refractivity contribution >= 4 is 5.91 Å². The zero-order valence-electron chi connectivity index (χ0n) is 14.4. The van der Waals surface area contributed by atoms with Gasteiger partial charge in [0.25, 0.3) is 0 Å². The lowest BCUT2D eigenvalue weighted by molar-refractivity contribution is -0.125. The number of rotatable bonds is 5. The Morgan fingerprint density at radius 3 is 2.79 bits per heavy atom. The average molecular weight is 329 g/mol. The Bertz CT molecular complexity index is 590. The Kier molecular flexibility index (Phi) is 5.56. The summed E-state index contributed by atoms with van der Waals surface area (Å²) in [5.41, 5.74) is 1.07. The van der Waals surface area contributed by atoms with Gasteiger partial charge in [0.05, 0.1) is 7.11 Å². The van der Waals surface area contributed by atoms with Crippen molar-refractivity contribution in [1.29, 1.82) is 0 Å². The Balaban J connectivity index is 1.76. The van der Waals surface area contributed by atoms with Gasteiger partial charge in [-0.3, -0.25) is 4.79 Å². The molecule has 1 aromatic rings. The highest BCUT2D eigenvalue weighted by Gasteiger charge is 2.37. The minimum absolute atomic E-state index is 0.106. The molecule has 0 saturated carbocycles. The maximum absolute atomic E-state index is 12.6. The summed E-state index contributed by atoms with van der Waals surface area (Å²) in [7, 11) is 1.71. The summed E-state index contributed by atoms with van der Waals surface area (Å²) < 4.78 is 11.2. The van der Waals surface area contributed by atoms with Crippen molar-refractivity contribution in [2.45, 2.75) is 37.5 Å². The van der Waals surface area contributed by atoms with Gasteiger partial charge >= 0.3 is 0 Å². The SMILES string of the molecule is COc1ccccc1C1(CNC(=O)[C@H]2CC=CCC2)CCOCC1. The summed E-state index contributed by atoms with van der Waals surface area (Å²) in [6, 6.07) is 8.16. The molecule has 1 aliphatic carbocycles.